The van der Waals surface area contributed by atoms with E-state index in [1.807, 2.05) is 0 Å². The number of rotatable bonds is 2. The van der Waals surface area contributed by atoms with E-state index in [4.69, 9.17) is 16.7 Å². The van der Waals surface area contributed by atoms with Crippen LogP contribution < -0.4 is 0 Å². The average Bonchev–Trinajstić information content (AvgIpc) is 2.13. The fourth-order valence-corrected chi connectivity index (χ4v) is 0.755. The molecule has 0 amide bonds. The first-order valence-electron chi connectivity index (χ1n) is 2.59. The maximum Gasteiger partial charge on any atom is 0.309 e. The lowest BCUT2D eigenvalue weighted by Crippen LogP contribution is -1.99. The van der Waals surface area contributed by atoms with Crippen molar-refractivity contribution in [2.24, 2.45) is 0 Å². The van der Waals surface area contributed by atoms with Crippen LogP contribution in [0.15, 0.2) is 6.20 Å². The van der Waals surface area contributed by atoms with Crippen molar-refractivity contribution in [3.63, 3.8) is 0 Å². The third kappa shape index (κ3) is 1.73. The molecule has 0 bridgehead atoms. The number of carboxylic acids is 1. The van der Waals surface area contributed by atoms with Gasteiger partial charge in [-0.15, -0.1) is 0 Å². The van der Waals surface area contributed by atoms with Crippen LogP contribution in [-0.2, 0) is 11.2 Å². The summed E-state index contributed by atoms with van der Waals surface area (Å²) in [5.41, 5.74) is 0.512. The average molecular weight is 161 g/mol. The van der Waals surface area contributed by atoms with Crippen LogP contribution in [-0.4, -0.2) is 21.0 Å². The number of nitrogens with zero attached hydrogens (tertiary/aromatic N) is 1. The number of hydrogen-bond donors (Lipinski definition) is 2. The number of aliphatic carboxylic acids is 1. The maximum atomic E-state index is 10.1. The molecule has 0 atom stereocenters. The normalized spacial score (nSPS) is 9.70. The van der Waals surface area contributed by atoms with Crippen molar-refractivity contribution < 1.29 is 9.90 Å². The summed E-state index contributed by atoms with van der Waals surface area (Å²) in [5.74, 6) is -0.902. The van der Waals surface area contributed by atoms with Gasteiger partial charge in [0.1, 0.15) is 0 Å². The first kappa shape index (κ1) is 7.08. The van der Waals surface area contributed by atoms with Crippen molar-refractivity contribution in [3.8, 4) is 0 Å². The highest BCUT2D eigenvalue weighted by atomic mass is 35.5. The van der Waals surface area contributed by atoms with E-state index < -0.39 is 5.97 Å². The molecule has 1 aromatic heterocycles. The van der Waals surface area contributed by atoms with E-state index in [0.29, 0.717) is 5.69 Å². The Labute approximate surface area is 61.8 Å². The van der Waals surface area contributed by atoms with Gasteiger partial charge in [-0.25, -0.2) is 4.98 Å². The molecular weight excluding hydrogens is 156 g/mol. The van der Waals surface area contributed by atoms with Crippen molar-refractivity contribution >= 4 is 17.6 Å². The van der Waals surface area contributed by atoms with Crippen LogP contribution in [0.25, 0.3) is 0 Å². The molecule has 4 nitrogen and oxygen atoms in total. The summed E-state index contributed by atoms with van der Waals surface area (Å²) in [4.78, 5) is 16.3. The molecule has 0 radical (unpaired) electrons. The molecule has 0 aliphatic rings. The summed E-state index contributed by atoms with van der Waals surface area (Å²) >= 11 is 5.38. The van der Waals surface area contributed by atoms with Crippen molar-refractivity contribution in [2.75, 3.05) is 0 Å². The standard InChI is InChI=1S/C5H5ClN2O2/c6-5-7-2-3(8-5)1-4(9)10/h2H,1H2,(H,7,8)(H,9,10). The summed E-state index contributed by atoms with van der Waals surface area (Å²) in [6.45, 7) is 0. The first-order chi connectivity index (χ1) is 4.68. The third-order valence-corrected chi connectivity index (χ3v) is 1.13. The van der Waals surface area contributed by atoms with Crippen LogP contribution in [0.3, 0.4) is 0 Å². The SMILES string of the molecule is O=C(O)Cc1cnc(Cl)[nH]1. The molecule has 1 aromatic rings. The number of imidazole rings is 1. The second-order valence-electron chi connectivity index (χ2n) is 1.77. The molecule has 0 aromatic carbocycles. The predicted octanol–water partition coefficient (Wildman–Crippen LogP) is 0.690. The van der Waals surface area contributed by atoms with Gasteiger partial charge in [-0.1, -0.05) is 0 Å². The highest BCUT2D eigenvalue weighted by Gasteiger charge is 2.01. The van der Waals surface area contributed by atoms with E-state index >= 15 is 0 Å². The summed E-state index contributed by atoms with van der Waals surface area (Å²) in [6.07, 6.45) is 1.33. The first-order valence-corrected chi connectivity index (χ1v) is 2.97. The fourth-order valence-electron chi connectivity index (χ4n) is 0.584. The molecule has 0 saturated heterocycles. The second-order valence-corrected chi connectivity index (χ2v) is 2.13. The lowest BCUT2D eigenvalue weighted by atomic mass is 10.3. The molecule has 0 fully saturated rings. The topological polar surface area (TPSA) is 66.0 Å². The second kappa shape index (κ2) is 2.70. The van der Waals surface area contributed by atoms with E-state index in [1.165, 1.54) is 6.20 Å². The minimum absolute atomic E-state index is 0.0697. The molecule has 1 heterocycles. The number of H-pyrrole nitrogens is 1. The predicted molar refractivity (Wildman–Crippen MR) is 34.9 cm³/mol. The Balaban J connectivity index is 2.67. The quantitative estimate of drug-likeness (QED) is 0.669. The number of aromatic amines is 1. The largest absolute Gasteiger partial charge is 0.481 e. The zero-order chi connectivity index (χ0) is 7.56. The molecule has 54 valence electrons. The number of nitrogens with one attached hydrogen (secondary N) is 1. The number of carboxylic acid groups (broad SMARTS) is 1. The van der Waals surface area contributed by atoms with Gasteiger partial charge < -0.3 is 10.1 Å². The third-order valence-electron chi connectivity index (χ3n) is 0.939. The Morgan fingerprint density at radius 3 is 3.00 bits per heavy atom. The molecule has 0 aliphatic heterocycles. The Morgan fingerprint density at radius 1 is 1.90 bits per heavy atom. The molecule has 0 spiro atoms. The van der Waals surface area contributed by atoms with E-state index in [9.17, 15) is 4.79 Å². The smallest absolute Gasteiger partial charge is 0.309 e. The van der Waals surface area contributed by atoms with Gasteiger partial charge in [-0.3, -0.25) is 4.79 Å². The zero-order valence-electron chi connectivity index (χ0n) is 4.97. The van der Waals surface area contributed by atoms with Crippen molar-refractivity contribution in [1.82, 2.24) is 9.97 Å². The van der Waals surface area contributed by atoms with Crippen molar-refractivity contribution in [2.45, 2.75) is 6.42 Å². The van der Waals surface area contributed by atoms with Gasteiger partial charge in [0.05, 0.1) is 12.6 Å². The lowest BCUT2D eigenvalue weighted by Gasteiger charge is -1.86. The van der Waals surface area contributed by atoms with Crippen LogP contribution in [0, 0.1) is 0 Å². The molecule has 1 rings (SSSR count). The van der Waals surface area contributed by atoms with Gasteiger partial charge in [-0.2, -0.15) is 0 Å². The molecule has 0 saturated carbocycles. The molecule has 0 unspecified atom stereocenters. The Morgan fingerprint density at radius 2 is 2.60 bits per heavy atom. The van der Waals surface area contributed by atoms with Crippen LogP contribution in [0.2, 0.25) is 5.28 Å². The number of halogens is 1. The number of aromatic nitrogens is 2. The minimum atomic E-state index is -0.902. The van der Waals surface area contributed by atoms with E-state index in [2.05, 4.69) is 9.97 Å². The van der Waals surface area contributed by atoms with Crippen LogP contribution >= 0.6 is 11.6 Å². The van der Waals surface area contributed by atoms with Crippen molar-refractivity contribution in [3.05, 3.63) is 17.2 Å². The highest BCUT2D eigenvalue weighted by Crippen LogP contribution is 2.02. The van der Waals surface area contributed by atoms with Crippen LogP contribution in [0.1, 0.15) is 5.69 Å². The highest BCUT2D eigenvalue weighted by molar-refractivity contribution is 6.28. The molecule has 2 N–H and O–H groups in total. The number of carbonyl (C=O) groups is 1. The molecular formula is C5H5ClN2O2. The Bertz CT molecular complexity index is 246. The van der Waals surface area contributed by atoms with Gasteiger partial charge in [0, 0.05) is 5.69 Å². The van der Waals surface area contributed by atoms with Gasteiger partial charge in [0.25, 0.3) is 0 Å². The molecule has 10 heavy (non-hydrogen) atoms. The summed E-state index contributed by atoms with van der Waals surface area (Å²) in [6, 6.07) is 0. The number of hydrogen-bond acceptors (Lipinski definition) is 2. The lowest BCUT2D eigenvalue weighted by molar-refractivity contribution is -0.136. The monoisotopic (exact) mass is 160 g/mol. The summed E-state index contributed by atoms with van der Waals surface area (Å²) in [7, 11) is 0. The minimum Gasteiger partial charge on any atom is -0.481 e. The summed E-state index contributed by atoms with van der Waals surface area (Å²) < 4.78 is 0. The van der Waals surface area contributed by atoms with E-state index in [-0.39, 0.29) is 11.7 Å². The van der Waals surface area contributed by atoms with Gasteiger partial charge in [-0.05, 0) is 11.6 Å². The molecule has 5 heteroatoms. The van der Waals surface area contributed by atoms with Gasteiger partial charge >= 0.3 is 5.97 Å². The van der Waals surface area contributed by atoms with Crippen molar-refractivity contribution in [1.29, 1.82) is 0 Å². The van der Waals surface area contributed by atoms with E-state index in [0.717, 1.165) is 0 Å². The maximum absolute atomic E-state index is 10.1. The van der Waals surface area contributed by atoms with Crippen LogP contribution in [0.5, 0.6) is 0 Å². The fraction of sp³-hybridized carbons (Fsp3) is 0.200. The van der Waals surface area contributed by atoms with Gasteiger partial charge in [0.2, 0.25) is 0 Å². The van der Waals surface area contributed by atoms with Crippen LogP contribution in [0.4, 0.5) is 0 Å². The Hall–Kier alpha value is -1.03. The van der Waals surface area contributed by atoms with Gasteiger partial charge in [0.15, 0.2) is 5.28 Å². The molecule has 0 aliphatic carbocycles. The zero-order valence-corrected chi connectivity index (χ0v) is 5.72. The van der Waals surface area contributed by atoms with E-state index in [1.54, 1.807) is 0 Å². The summed E-state index contributed by atoms with van der Waals surface area (Å²) in [5, 5.41) is 8.50. The Kier molecular flexibility index (Phi) is 1.91.